The maximum absolute atomic E-state index is 14.0. The summed E-state index contributed by atoms with van der Waals surface area (Å²) < 4.78 is 49.2. The predicted molar refractivity (Wildman–Crippen MR) is 108 cm³/mol. The van der Waals surface area contributed by atoms with Crippen LogP contribution in [0, 0.1) is 5.82 Å². The van der Waals surface area contributed by atoms with E-state index in [0.717, 1.165) is 19.0 Å². The number of likely N-dealkylation sites (tertiary alicyclic amines) is 1. The molecule has 1 aromatic heterocycles. The first-order valence-electron chi connectivity index (χ1n) is 9.40. The van der Waals surface area contributed by atoms with Crippen LogP contribution in [0.3, 0.4) is 0 Å². The van der Waals surface area contributed by atoms with Gasteiger partial charge >= 0.3 is 10.2 Å². The highest BCUT2D eigenvalue weighted by molar-refractivity contribution is 7.91. The molecular weight excluding hydrogens is 413 g/mol. The minimum absolute atomic E-state index is 0.0280. The number of nitrogens with two attached hydrogens (primary N) is 1. The molecule has 2 aliphatic rings. The first kappa shape index (κ1) is 20.1. The van der Waals surface area contributed by atoms with Gasteiger partial charge in [-0.15, -0.1) is 4.40 Å². The maximum Gasteiger partial charge on any atom is 0.344 e. The summed E-state index contributed by atoms with van der Waals surface area (Å²) >= 11 is 0. The Balaban J connectivity index is 1.55. The zero-order valence-electron chi connectivity index (χ0n) is 15.9. The van der Waals surface area contributed by atoms with E-state index in [0.29, 0.717) is 24.3 Å². The lowest BCUT2D eigenvalue weighted by Crippen LogP contribution is -2.47. The van der Waals surface area contributed by atoms with Gasteiger partial charge < -0.3 is 15.4 Å². The number of ether oxygens (including phenoxy) is 1. The number of aromatic nitrogens is 1. The Kier molecular flexibility index (Phi) is 5.29. The summed E-state index contributed by atoms with van der Waals surface area (Å²) in [5, 5.41) is 0. The van der Waals surface area contributed by atoms with E-state index in [1.165, 1.54) is 12.3 Å². The third-order valence-electron chi connectivity index (χ3n) is 5.06. The van der Waals surface area contributed by atoms with Crippen molar-refractivity contribution in [2.45, 2.75) is 25.3 Å². The standard InChI is InChI=1S/C19H20FN5O4S/c20-14-10-22-8-7-13(14)19(26)25-9-2-1-4-12(25)11-29-16-6-3-5-15-17(16)18(21)24-30(27,28)23-15/h3,5-8,10,12,23H,1-2,4,9,11H2,(H2,21,24)/t12-/m1/s1. The number of halogens is 1. The van der Waals surface area contributed by atoms with Crippen LogP contribution >= 0.6 is 0 Å². The summed E-state index contributed by atoms with van der Waals surface area (Å²) in [5.41, 5.74) is 6.43. The van der Waals surface area contributed by atoms with Crippen molar-refractivity contribution in [3.63, 3.8) is 0 Å². The van der Waals surface area contributed by atoms with Crippen molar-refractivity contribution in [3.05, 3.63) is 53.6 Å². The summed E-state index contributed by atoms with van der Waals surface area (Å²) in [6, 6.07) is 5.93. The number of carbonyl (C=O) groups excluding carboxylic acids is 1. The van der Waals surface area contributed by atoms with E-state index in [-0.39, 0.29) is 29.7 Å². The first-order chi connectivity index (χ1) is 14.4. The second-order valence-corrected chi connectivity index (χ2v) is 8.38. The fourth-order valence-electron chi connectivity index (χ4n) is 3.67. The van der Waals surface area contributed by atoms with Gasteiger partial charge in [-0.05, 0) is 37.5 Å². The van der Waals surface area contributed by atoms with Gasteiger partial charge in [0.25, 0.3) is 5.91 Å². The smallest absolute Gasteiger partial charge is 0.344 e. The van der Waals surface area contributed by atoms with Crippen molar-refractivity contribution >= 4 is 27.6 Å². The minimum atomic E-state index is -3.89. The molecule has 0 unspecified atom stereocenters. The molecule has 1 aromatic carbocycles. The molecule has 158 valence electrons. The number of fused-ring (bicyclic) bond motifs is 1. The van der Waals surface area contributed by atoms with E-state index in [4.69, 9.17) is 10.5 Å². The number of piperidine rings is 1. The first-order valence-corrected chi connectivity index (χ1v) is 10.8. The van der Waals surface area contributed by atoms with Crippen LogP contribution in [0.2, 0.25) is 0 Å². The van der Waals surface area contributed by atoms with Crippen LogP contribution in [0.4, 0.5) is 10.1 Å². The highest BCUT2D eigenvalue weighted by Gasteiger charge is 2.30. The van der Waals surface area contributed by atoms with E-state index in [1.807, 2.05) is 0 Å². The number of nitrogens with one attached hydrogen (secondary N) is 1. The third kappa shape index (κ3) is 3.92. The number of rotatable bonds is 4. The van der Waals surface area contributed by atoms with Crippen molar-refractivity contribution in [2.75, 3.05) is 17.9 Å². The van der Waals surface area contributed by atoms with Crippen molar-refractivity contribution in [3.8, 4) is 5.75 Å². The van der Waals surface area contributed by atoms with Crippen molar-refractivity contribution in [1.29, 1.82) is 0 Å². The van der Waals surface area contributed by atoms with Gasteiger partial charge in [-0.1, -0.05) is 6.07 Å². The van der Waals surface area contributed by atoms with Gasteiger partial charge in [-0.25, -0.2) is 4.39 Å². The van der Waals surface area contributed by atoms with Crippen molar-refractivity contribution in [1.82, 2.24) is 9.88 Å². The van der Waals surface area contributed by atoms with Gasteiger partial charge in [0.05, 0.1) is 29.1 Å². The lowest BCUT2D eigenvalue weighted by Gasteiger charge is -2.36. The predicted octanol–water partition coefficient (Wildman–Crippen LogP) is 1.67. The van der Waals surface area contributed by atoms with E-state index in [9.17, 15) is 17.6 Å². The highest BCUT2D eigenvalue weighted by atomic mass is 32.2. The Morgan fingerprint density at radius 1 is 1.33 bits per heavy atom. The Morgan fingerprint density at radius 2 is 2.17 bits per heavy atom. The molecule has 4 rings (SSSR count). The number of hydrogen-bond donors (Lipinski definition) is 2. The zero-order valence-corrected chi connectivity index (χ0v) is 16.7. The van der Waals surface area contributed by atoms with Gasteiger partial charge in [0.2, 0.25) is 0 Å². The fraction of sp³-hybridized carbons (Fsp3) is 0.316. The third-order valence-corrected chi connectivity index (χ3v) is 5.98. The Hall–Kier alpha value is -3.21. The van der Waals surface area contributed by atoms with Crippen LogP contribution in [-0.4, -0.2) is 49.2 Å². The molecule has 9 nitrogen and oxygen atoms in total. The summed E-state index contributed by atoms with van der Waals surface area (Å²) in [7, 11) is -3.89. The van der Waals surface area contributed by atoms with E-state index < -0.39 is 21.9 Å². The van der Waals surface area contributed by atoms with Gasteiger partial charge in [0, 0.05) is 12.7 Å². The number of pyridine rings is 1. The molecule has 0 aliphatic carbocycles. The highest BCUT2D eigenvalue weighted by Crippen LogP contribution is 2.31. The number of nitrogens with zero attached hydrogens (tertiary/aromatic N) is 3. The van der Waals surface area contributed by atoms with Gasteiger partial charge in [-0.3, -0.25) is 14.5 Å². The molecule has 1 atom stereocenters. The molecule has 0 saturated carbocycles. The van der Waals surface area contributed by atoms with Crippen LogP contribution in [-0.2, 0) is 10.2 Å². The van der Waals surface area contributed by atoms with Crippen LogP contribution in [0.5, 0.6) is 5.75 Å². The van der Waals surface area contributed by atoms with Crippen LogP contribution in [0.1, 0.15) is 35.2 Å². The lowest BCUT2D eigenvalue weighted by atomic mass is 10.0. The van der Waals surface area contributed by atoms with Crippen LogP contribution in [0.15, 0.2) is 41.1 Å². The molecule has 2 aliphatic heterocycles. The number of amides is 1. The molecule has 0 bridgehead atoms. The largest absolute Gasteiger partial charge is 0.491 e. The van der Waals surface area contributed by atoms with Crippen LogP contribution in [0.25, 0.3) is 0 Å². The SMILES string of the molecule is NC1=NS(=O)(=O)Nc2cccc(OC[C@H]3CCCCN3C(=O)c3ccncc3F)c21. The zero-order chi connectivity index (χ0) is 21.3. The maximum atomic E-state index is 14.0. The average Bonchev–Trinajstić information content (AvgIpc) is 2.71. The summed E-state index contributed by atoms with van der Waals surface area (Å²) in [6.45, 7) is 0.639. The van der Waals surface area contributed by atoms with Gasteiger partial charge in [0.15, 0.2) is 11.7 Å². The number of hydrogen-bond acceptors (Lipinski definition) is 6. The Morgan fingerprint density at radius 3 is 2.97 bits per heavy atom. The van der Waals surface area contributed by atoms with Gasteiger partial charge in [-0.2, -0.15) is 8.42 Å². The molecule has 1 saturated heterocycles. The molecule has 30 heavy (non-hydrogen) atoms. The molecule has 0 radical (unpaired) electrons. The quantitative estimate of drug-likeness (QED) is 0.755. The topological polar surface area (TPSA) is 127 Å². The number of benzene rings is 1. The molecular formula is C19H20FN5O4S. The summed E-state index contributed by atoms with van der Waals surface area (Å²) in [6.07, 6.45) is 4.82. The number of anilines is 1. The minimum Gasteiger partial charge on any atom is -0.491 e. The second kappa shape index (κ2) is 7.90. The van der Waals surface area contributed by atoms with E-state index in [1.54, 1.807) is 23.1 Å². The fourth-order valence-corrected chi connectivity index (χ4v) is 4.51. The molecule has 1 fully saturated rings. The Labute approximate surface area is 172 Å². The molecule has 3 N–H and O–H groups in total. The van der Waals surface area contributed by atoms with Gasteiger partial charge in [0.1, 0.15) is 12.4 Å². The molecule has 2 aromatic rings. The van der Waals surface area contributed by atoms with Crippen LogP contribution < -0.4 is 15.2 Å². The van der Waals surface area contributed by atoms with Crippen molar-refractivity contribution in [2.24, 2.45) is 10.1 Å². The normalized spacial score (nSPS) is 20.0. The van der Waals surface area contributed by atoms with Crippen molar-refractivity contribution < 1.29 is 22.3 Å². The molecule has 11 heteroatoms. The average molecular weight is 433 g/mol. The Bertz CT molecular complexity index is 1120. The number of amidine groups is 1. The second-order valence-electron chi connectivity index (χ2n) is 7.05. The molecule has 3 heterocycles. The summed E-state index contributed by atoms with van der Waals surface area (Å²) in [5.74, 6) is -0.896. The van der Waals surface area contributed by atoms with E-state index >= 15 is 0 Å². The molecule has 0 spiro atoms. The lowest BCUT2D eigenvalue weighted by molar-refractivity contribution is 0.0523. The monoisotopic (exact) mass is 433 g/mol. The molecule has 1 amide bonds. The van der Waals surface area contributed by atoms with E-state index in [2.05, 4.69) is 14.1 Å². The number of carbonyl (C=O) groups is 1. The summed E-state index contributed by atoms with van der Waals surface area (Å²) in [4.78, 5) is 18.2.